The topological polar surface area (TPSA) is 34.1 Å². The van der Waals surface area contributed by atoms with Crippen LogP contribution in [-0.2, 0) is 9.59 Å². The number of carbonyl (C=O) groups excluding carboxylic acids is 2. The molecule has 5 rings (SSSR count). The number of hydrogen-bond acceptors (Lipinski definition) is 2. The number of allylic oxidation sites excluding steroid dienone is 2. The minimum atomic E-state index is -0.215. The average molecular weight is 439 g/mol. The van der Waals surface area contributed by atoms with Crippen LogP contribution in [0, 0.1) is 50.2 Å². The van der Waals surface area contributed by atoms with E-state index in [2.05, 4.69) is 61.5 Å². The highest BCUT2D eigenvalue weighted by Gasteiger charge is 2.69. The van der Waals surface area contributed by atoms with E-state index in [-0.39, 0.29) is 27.1 Å². The Morgan fingerprint density at radius 2 is 1.50 bits per heavy atom. The van der Waals surface area contributed by atoms with Gasteiger partial charge in [0.1, 0.15) is 11.6 Å². The molecule has 0 saturated heterocycles. The molecule has 0 aromatic carbocycles. The number of rotatable bonds is 0. The van der Waals surface area contributed by atoms with Gasteiger partial charge < -0.3 is 0 Å². The lowest BCUT2D eigenvalue weighted by Crippen LogP contribution is -2.65. The van der Waals surface area contributed by atoms with Crippen molar-refractivity contribution in [1.29, 1.82) is 0 Å². The molecule has 0 unspecified atom stereocenters. The minimum Gasteiger partial charge on any atom is -0.299 e. The van der Waals surface area contributed by atoms with E-state index in [4.69, 9.17) is 0 Å². The Morgan fingerprint density at radius 1 is 0.812 bits per heavy atom. The summed E-state index contributed by atoms with van der Waals surface area (Å²) in [6.07, 6.45) is 11.9. The summed E-state index contributed by atoms with van der Waals surface area (Å²) in [6, 6.07) is 0. The van der Waals surface area contributed by atoms with Gasteiger partial charge in [-0.3, -0.25) is 9.59 Å². The molecule has 32 heavy (non-hydrogen) atoms. The number of fused-ring (bicyclic) bond motifs is 7. The third-order valence-electron chi connectivity index (χ3n) is 12.6. The Balaban J connectivity index is 1.61. The van der Waals surface area contributed by atoms with Gasteiger partial charge in [0.2, 0.25) is 0 Å². The normalized spacial score (nSPS) is 51.6. The average Bonchev–Trinajstić information content (AvgIpc) is 2.68. The third kappa shape index (κ3) is 2.59. The van der Waals surface area contributed by atoms with Crippen molar-refractivity contribution in [3.05, 3.63) is 11.6 Å². The summed E-state index contributed by atoms with van der Waals surface area (Å²) in [4.78, 5) is 26.8. The van der Waals surface area contributed by atoms with Gasteiger partial charge in [-0.25, -0.2) is 0 Å². The van der Waals surface area contributed by atoms with Gasteiger partial charge in [0.25, 0.3) is 0 Å². The standard InChI is InChI=1S/C30H46O2/c1-25(2)15-16-27(5)20(17-25)19-9-10-22-28(6)13-12-23(31)26(3,4)21(28)11-14-29(22,7)30(19,8)18-24(27)32/h9,20-22H,10-18H2,1-8H3/t20-,21+,22-,27-,28-,29+,30+/m0/s1. The van der Waals surface area contributed by atoms with Gasteiger partial charge in [-0.05, 0) is 78.9 Å². The molecule has 5 aliphatic rings. The number of carbonyl (C=O) groups is 2. The van der Waals surface area contributed by atoms with Crippen LogP contribution in [0.5, 0.6) is 0 Å². The first-order valence-electron chi connectivity index (χ1n) is 13.4. The molecule has 0 bridgehead atoms. The maximum atomic E-state index is 13.9. The van der Waals surface area contributed by atoms with Crippen molar-refractivity contribution in [2.45, 2.75) is 113 Å². The van der Waals surface area contributed by atoms with Gasteiger partial charge >= 0.3 is 0 Å². The van der Waals surface area contributed by atoms with Crippen LogP contribution in [-0.4, -0.2) is 11.6 Å². The minimum absolute atomic E-state index is 0.0375. The van der Waals surface area contributed by atoms with Gasteiger partial charge in [0, 0.05) is 29.1 Å². The monoisotopic (exact) mass is 438 g/mol. The summed E-state index contributed by atoms with van der Waals surface area (Å²) >= 11 is 0. The van der Waals surface area contributed by atoms with E-state index >= 15 is 0 Å². The summed E-state index contributed by atoms with van der Waals surface area (Å²) in [5, 5.41) is 0. The fourth-order valence-electron chi connectivity index (χ4n) is 10.1. The number of hydrogen-bond donors (Lipinski definition) is 0. The molecule has 0 heterocycles. The van der Waals surface area contributed by atoms with Crippen LogP contribution in [0.4, 0.5) is 0 Å². The first-order chi connectivity index (χ1) is 14.6. The van der Waals surface area contributed by atoms with E-state index in [1.807, 2.05) is 0 Å². The molecule has 0 N–H and O–H groups in total. The van der Waals surface area contributed by atoms with Crippen LogP contribution in [0.15, 0.2) is 11.6 Å². The maximum absolute atomic E-state index is 13.9. The van der Waals surface area contributed by atoms with Crippen LogP contribution in [0.25, 0.3) is 0 Å². The van der Waals surface area contributed by atoms with E-state index in [1.165, 1.54) is 6.42 Å². The molecule has 4 fully saturated rings. The maximum Gasteiger partial charge on any atom is 0.140 e. The van der Waals surface area contributed by atoms with Gasteiger partial charge in [-0.1, -0.05) is 67.0 Å². The van der Waals surface area contributed by atoms with Crippen molar-refractivity contribution in [3.8, 4) is 0 Å². The zero-order valence-corrected chi connectivity index (χ0v) is 22.0. The van der Waals surface area contributed by atoms with Crippen LogP contribution < -0.4 is 0 Å². The molecule has 0 amide bonds. The smallest absolute Gasteiger partial charge is 0.140 e. The Bertz CT molecular complexity index is 908. The highest BCUT2D eigenvalue weighted by Crippen LogP contribution is 2.74. The van der Waals surface area contributed by atoms with Gasteiger partial charge in [-0.15, -0.1) is 0 Å². The Morgan fingerprint density at radius 3 is 2.19 bits per heavy atom. The highest BCUT2D eigenvalue weighted by molar-refractivity contribution is 5.88. The van der Waals surface area contributed by atoms with Crippen LogP contribution in [0.1, 0.15) is 113 Å². The predicted molar refractivity (Wildman–Crippen MR) is 130 cm³/mol. The van der Waals surface area contributed by atoms with Crippen molar-refractivity contribution in [3.63, 3.8) is 0 Å². The lowest BCUT2D eigenvalue weighted by atomic mass is 9.33. The summed E-state index contributed by atoms with van der Waals surface area (Å²) < 4.78 is 0. The summed E-state index contributed by atoms with van der Waals surface area (Å²) in [7, 11) is 0. The van der Waals surface area contributed by atoms with E-state index in [9.17, 15) is 9.59 Å². The van der Waals surface area contributed by atoms with E-state index in [0.29, 0.717) is 34.7 Å². The molecule has 2 nitrogen and oxygen atoms in total. The van der Waals surface area contributed by atoms with Crippen LogP contribution in [0.3, 0.4) is 0 Å². The van der Waals surface area contributed by atoms with Crippen molar-refractivity contribution in [2.24, 2.45) is 50.2 Å². The Kier molecular flexibility index (Phi) is 4.57. The van der Waals surface area contributed by atoms with Crippen molar-refractivity contribution in [2.75, 3.05) is 0 Å². The summed E-state index contributed by atoms with van der Waals surface area (Å²) in [5.74, 6) is 2.43. The molecule has 0 spiro atoms. The van der Waals surface area contributed by atoms with Crippen LogP contribution in [0.2, 0.25) is 0 Å². The molecule has 0 aliphatic heterocycles. The second kappa shape index (κ2) is 6.39. The predicted octanol–water partition coefficient (Wildman–Crippen LogP) is 7.56. The number of ketones is 2. The Labute approximate surface area is 196 Å². The van der Waals surface area contributed by atoms with Crippen molar-refractivity contribution >= 4 is 11.6 Å². The fourth-order valence-corrected chi connectivity index (χ4v) is 10.1. The van der Waals surface area contributed by atoms with E-state index in [0.717, 1.165) is 51.4 Å². The number of Topliss-reactive ketones (excluding diaryl/α,β-unsaturated/α-hetero) is 2. The summed E-state index contributed by atoms with van der Waals surface area (Å²) in [5.41, 5.74) is 1.86. The van der Waals surface area contributed by atoms with Crippen molar-refractivity contribution < 1.29 is 9.59 Å². The zero-order chi connectivity index (χ0) is 23.5. The van der Waals surface area contributed by atoms with Crippen molar-refractivity contribution in [1.82, 2.24) is 0 Å². The van der Waals surface area contributed by atoms with Gasteiger partial charge in [0.15, 0.2) is 0 Å². The van der Waals surface area contributed by atoms with E-state index < -0.39 is 0 Å². The van der Waals surface area contributed by atoms with Gasteiger partial charge in [-0.2, -0.15) is 0 Å². The largest absolute Gasteiger partial charge is 0.299 e. The first kappa shape index (κ1) is 22.9. The SMILES string of the molecule is CC1(C)CC[C@]2(C)C(=O)C[C@]3(C)C(=CC[C@H]4[C@@]5(C)CCC(=O)C(C)(C)[C@H]5CC[C@]43C)[C@@H]2C1. The Hall–Kier alpha value is -0.920. The second-order valence-corrected chi connectivity index (χ2v) is 14.9. The molecule has 178 valence electrons. The molecule has 2 heteroatoms. The molecular weight excluding hydrogens is 392 g/mol. The van der Waals surface area contributed by atoms with Crippen LogP contribution >= 0.6 is 0 Å². The summed E-state index contributed by atoms with van der Waals surface area (Å²) in [6.45, 7) is 19.0. The quantitative estimate of drug-likeness (QED) is 0.366. The third-order valence-corrected chi connectivity index (χ3v) is 12.6. The first-order valence-corrected chi connectivity index (χ1v) is 13.4. The zero-order valence-electron chi connectivity index (χ0n) is 22.0. The lowest BCUT2D eigenvalue weighted by Gasteiger charge is -2.70. The van der Waals surface area contributed by atoms with Gasteiger partial charge in [0.05, 0.1) is 0 Å². The second-order valence-electron chi connectivity index (χ2n) is 14.9. The molecule has 4 saturated carbocycles. The van der Waals surface area contributed by atoms with E-state index in [1.54, 1.807) is 5.57 Å². The molecule has 0 radical (unpaired) electrons. The molecular formula is C30H46O2. The fraction of sp³-hybridized carbons (Fsp3) is 0.867. The lowest BCUT2D eigenvalue weighted by molar-refractivity contribution is -0.185. The molecule has 0 aromatic heterocycles. The molecule has 7 atom stereocenters. The molecule has 5 aliphatic carbocycles. The highest BCUT2D eigenvalue weighted by atomic mass is 16.1. The molecule has 0 aromatic rings.